The zero-order valence-electron chi connectivity index (χ0n) is 9.54. The van der Waals surface area contributed by atoms with Crippen molar-refractivity contribution < 1.29 is 14.7 Å². The molecule has 1 amide bonds. The zero-order valence-corrected chi connectivity index (χ0v) is 9.54. The Kier molecular flexibility index (Phi) is 3.09. The average molecular weight is 249 g/mol. The van der Waals surface area contributed by atoms with Crippen LogP contribution in [0.2, 0.25) is 0 Å². The van der Waals surface area contributed by atoms with Crippen LogP contribution in [0, 0.1) is 0 Å². The quantitative estimate of drug-likeness (QED) is 0.692. The van der Waals surface area contributed by atoms with Crippen LogP contribution in [-0.2, 0) is 13.6 Å². The summed E-state index contributed by atoms with van der Waals surface area (Å²) in [5.74, 6) is -1.12. The molecule has 0 aromatic carbocycles. The summed E-state index contributed by atoms with van der Waals surface area (Å²) in [4.78, 5) is 32.7. The van der Waals surface area contributed by atoms with Crippen molar-refractivity contribution in [3.63, 3.8) is 0 Å². The highest BCUT2D eigenvalue weighted by atomic mass is 16.4. The molecule has 0 aliphatic heterocycles. The lowest BCUT2D eigenvalue weighted by Gasteiger charge is -2.04. The van der Waals surface area contributed by atoms with Crippen LogP contribution < -0.4 is 5.32 Å². The third kappa shape index (κ3) is 2.21. The molecule has 2 aromatic rings. The van der Waals surface area contributed by atoms with Crippen molar-refractivity contribution in [2.75, 3.05) is 0 Å². The Hall–Kier alpha value is -2.64. The van der Waals surface area contributed by atoms with Crippen LogP contribution in [0.1, 0.15) is 26.8 Å². The topological polar surface area (TPSA) is 113 Å². The first kappa shape index (κ1) is 11.8. The van der Waals surface area contributed by atoms with Gasteiger partial charge in [-0.3, -0.25) is 4.79 Å². The number of hydrogen-bond acceptors (Lipinski definition) is 4. The molecular formula is C10H11N5O3. The van der Waals surface area contributed by atoms with Crippen molar-refractivity contribution >= 4 is 11.9 Å². The minimum Gasteiger partial charge on any atom is -0.477 e. The van der Waals surface area contributed by atoms with E-state index in [9.17, 15) is 9.59 Å². The van der Waals surface area contributed by atoms with Crippen molar-refractivity contribution in [2.24, 2.45) is 7.05 Å². The number of aromatic nitrogens is 4. The first-order valence-electron chi connectivity index (χ1n) is 5.10. The normalized spacial score (nSPS) is 10.3. The Morgan fingerprint density at radius 2 is 2.28 bits per heavy atom. The van der Waals surface area contributed by atoms with E-state index in [1.165, 1.54) is 6.33 Å². The Morgan fingerprint density at radius 1 is 1.50 bits per heavy atom. The van der Waals surface area contributed by atoms with Gasteiger partial charge in [-0.2, -0.15) is 0 Å². The summed E-state index contributed by atoms with van der Waals surface area (Å²) < 4.78 is 1.75. The number of aromatic carboxylic acids is 1. The van der Waals surface area contributed by atoms with Crippen molar-refractivity contribution in [3.05, 3.63) is 35.9 Å². The molecule has 0 saturated heterocycles. The molecule has 18 heavy (non-hydrogen) atoms. The number of carboxylic acid groups (broad SMARTS) is 1. The number of hydrogen-bond donors (Lipinski definition) is 3. The van der Waals surface area contributed by atoms with Crippen molar-refractivity contribution in [1.29, 1.82) is 0 Å². The van der Waals surface area contributed by atoms with E-state index in [-0.39, 0.29) is 17.9 Å². The zero-order chi connectivity index (χ0) is 13.1. The third-order valence-electron chi connectivity index (χ3n) is 2.40. The first-order valence-corrected chi connectivity index (χ1v) is 5.10. The molecule has 0 atom stereocenters. The van der Waals surface area contributed by atoms with Gasteiger partial charge in [-0.1, -0.05) is 0 Å². The van der Waals surface area contributed by atoms with E-state index in [0.717, 1.165) is 0 Å². The predicted octanol–water partition coefficient (Wildman–Crippen LogP) is -0.229. The maximum Gasteiger partial charge on any atom is 0.354 e. The SMILES string of the molecule is Cn1ccnc1CNC(=O)c1nc[nH]c1C(=O)O. The Balaban J connectivity index is 2.06. The number of carbonyl (C=O) groups is 2. The molecule has 0 saturated carbocycles. The van der Waals surface area contributed by atoms with Crippen LogP contribution in [0.15, 0.2) is 18.7 Å². The van der Waals surface area contributed by atoms with Crippen LogP contribution in [0.25, 0.3) is 0 Å². The molecule has 0 unspecified atom stereocenters. The van der Waals surface area contributed by atoms with Gasteiger partial charge in [-0.25, -0.2) is 14.8 Å². The molecule has 0 aliphatic carbocycles. The van der Waals surface area contributed by atoms with Crippen LogP contribution >= 0.6 is 0 Å². The summed E-state index contributed by atoms with van der Waals surface area (Å²) in [7, 11) is 1.80. The second-order valence-corrected chi connectivity index (χ2v) is 3.57. The molecule has 2 rings (SSSR count). The number of aromatic amines is 1. The second kappa shape index (κ2) is 4.70. The largest absolute Gasteiger partial charge is 0.477 e. The number of nitrogens with one attached hydrogen (secondary N) is 2. The molecule has 94 valence electrons. The van der Waals surface area contributed by atoms with E-state index in [1.54, 1.807) is 24.0 Å². The lowest BCUT2D eigenvalue weighted by Crippen LogP contribution is -2.26. The fourth-order valence-electron chi connectivity index (χ4n) is 1.44. The highest BCUT2D eigenvalue weighted by molar-refractivity contribution is 6.02. The van der Waals surface area contributed by atoms with E-state index < -0.39 is 11.9 Å². The van der Waals surface area contributed by atoms with E-state index in [4.69, 9.17) is 5.11 Å². The monoisotopic (exact) mass is 249 g/mol. The van der Waals surface area contributed by atoms with Crippen LogP contribution in [0.3, 0.4) is 0 Å². The van der Waals surface area contributed by atoms with Crippen molar-refractivity contribution in [1.82, 2.24) is 24.8 Å². The molecule has 0 bridgehead atoms. The number of amides is 1. The Bertz CT molecular complexity index is 586. The fourth-order valence-corrected chi connectivity index (χ4v) is 1.44. The van der Waals surface area contributed by atoms with E-state index >= 15 is 0 Å². The van der Waals surface area contributed by atoms with Gasteiger partial charge in [0.2, 0.25) is 0 Å². The summed E-state index contributed by atoms with van der Waals surface area (Å²) in [6, 6.07) is 0. The van der Waals surface area contributed by atoms with Crippen LogP contribution in [-0.4, -0.2) is 36.5 Å². The van der Waals surface area contributed by atoms with Gasteiger partial charge in [0.15, 0.2) is 11.4 Å². The molecule has 0 spiro atoms. The van der Waals surface area contributed by atoms with Gasteiger partial charge >= 0.3 is 5.97 Å². The lowest BCUT2D eigenvalue weighted by molar-refractivity contribution is 0.0685. The van der Waals surface area contributed by atoms with Gasteiger partial charge in [0.25, 0.3) is 5.91 Å². The Labute approximate surface area is 102 Å². The molecule has 0 radical (unpaired) electrons. The molecule has 3 N–H and O–H groups in total. The highest BCUT2D eigenvalue weighted by Crippen LogP contribution is 2.03. The number of imidazole rings is 2. The van der Waals surface area contributed by atoms with E-state index in [0.29, 0.717) is 5.82 Å². The van der Waals surface area contributed by atoms with Crippen molar-refractivity contribution in [2.45, 2.75) is 6.54 Å². The summed E-state index contributed by atoms with van der Waals surface area (Å²) in [5.41, 5.74) is -0.371. The molecule has 8 heteroatoms. The van der Waals surface area contributed by atoms with E-state index in [1.807, 2.05) is 0 Å². The minimum absolute atomic E-state index is 0.142. The van der Waals surface area contributed by atoms with Crippen molar-refractivity contribution in [3.8, 4) is 0 Å². The molecule has 0 fully saturated rings. The summed E-state index contributed by atoms with van der Waals surface area (Å²) >= 11 is 0. The maximum absolute atomic E-state index is 11.7. The number of carboxylic acids is 1. The van der Waals surface area contributed by atoms with Crippen LogP contribution in [0.4, 0.5) is 0 Å². The van der Waals surface area contributed by atoms with Gasteiger partial charge in [-0.15, -0.1) is 0 Å². The van der Waals surface area contributed by atoms with E-state index in [2.05, 4.69) is 20.3 Å². The maximum atomic E-state index is 11.7. The summed E-state index contributed by atoms with van der Waals surface area (Å²) in [6.45, 7) is 0.203. The van der Waals surface area contributed by atoms with Gasteiger partial charge in [0, 0.05) is 19.4 Å². The number of H-pyrrole nitrogens is 1. The fraction of sp³-hybridized carbons (Fsp3) is 0.200. The highest BCUT2D eigenvalue weighted by Gasteiger charge is 2.19. The average Bonchev–Trinajstić information content (AvgIpc) is 2.94. The molecular weight excluding hydrogens is 238 g/mol. The van der Waals surface area contributed by atoms with Gasteiger partial charge in [0.05, 0.1) is 12.9 Å². The summed E-state index contributed by atoms with van der Waals surface area (Å²) in [5, 5.41) is 11.4. The molecule has 0 aliphatic rings. The molecule has 2 aromatic heterocycles. The van der Waals surface area contributed by atoms with Gasteiger partial charge in [0.1, 0.15) is 5.82 Å². The molecule has 8 nitrogen and oxygen atoms in total. The lowest BCUT2D eigenvalue weighted by atomic mass is 10.3. The van der Waals surface area contributed by atoms with Gasteiger partial charge in [-0.05, 0) is 0 Å². The molecule has 2 heterocycles. The first-order chi connectivity index (χ1) is 8.59. The predicted molar refractivity (Wildman–Crippen MR) is 59.9 cm³/mol. The smallest absolute Gasteiger partial charge is 0.354 e. The Morgan fingerprint density at radius 3 is 2.89 bits per heavy atom. The standard InChI is InChI=1S/C10H11N5O3/c1-15-3-2-11-6(15)4-12-9(16)7-8(10(17)18)14-5-13-7/h2-3,5H,4H2,1H3,(H,12,16)(H,13,14)(H,17,18). The minimum atomic E-state index is -1.23. The number of carbonyl (C=O) groups excluding carboxylic acids is 1. The second-order valence-electron chi connectivity index (χ2n) is 3.57. The summed E-state index contributed by atoms with van der Waals surface area (Å²) in [6.07, 6.45) is 4.52. The number of aryl methyl sites for hydroxylation is 1. The number of nitrogens with zero attached hydrogens (tertiary/aromatic N) is 3. The number of rotatable bonds is 4. The van der Waals surface area contributed by atoms with Crippen LogP contribution in [0.5, 0.6) is 0 Å². The third-order valence-corrected chi connectivity index (χ3v) is 2.40. The van der Waals surface area contributed by atoms with Gasteiger partial charge < -0.3 is 20.0 Å².